The highest BCUT2D eigenvalue weighted by Gasteiger charge is 2.55. The lowest BCUT2D eigenvalue weighted by molar-refractivity contribution is -0.0285. The third kappa shape index (κ3) is 3.02. The topological polar surface area (TPSA) is 64.3 Å². The molecular formula is C14H25FN2O2. The fourth-order valence-corrected chi connectivity index (χ4v) is 3.31. The molecule has 0 radical (unpaired) electrons. The first kappa shape index (κ1) is 14.6. The maximum Gasteiger partial charge on any atom is 0.407 e. The van der Waals surface area contributed by atoms with E-state index >= 15 is 0 Å². The van der Waals surface area contributed by atoms with Gasteiger partial charge < -0.3 is 15.8 Å². The Morgan fingerprint density at radius 2 is 1.95 bits per heavy atom. The standard InChI is InChI=1S/C14H25FN2O2/c1-13(2,3)19-12(18)17-11-8-10(16)14(11)6-4-9(15)5-7-14/h9-11H,4-8,16H2,1-3H3,(H,17,18). The Balaban J connectivity index is 1.93. The Morgan fingerprint density at radius 1 is 1.37 bits per heavy atom. The van der Waals surface area contributed by atoms with Gasteiger partial charge in [0.2, 0.25) is 0 Å². The minimum atomic E-state index is -0.708. The lowest BCUT2D eigenvalue weighted by atomic mass is 9.54. The van der Waals surface area contributed by atoms with E-state index in [2.05, 4.69) is 5.32 Å². The molecule has 0 aromatic rings. The summed E-state index contributed by atoms with van der Waals surface area (Å²) in [7, 11) is 0. The quantitative estimate of drug-likeness (QED) is 0.771. The van der Waals surface area contributed by atoms with Crippen LogP contribution in [0.5, 0.6) is 0 Å². The Kier molecular flexibility index (Phi) is 3.78. The average molecular weight is 272 g/mol. The largest absolute Gasteiger partial charge is 0.444 e. The van der Waals surface area contributed by atoms with E-state index in [-0.39, 0.29) is 17.5 Å². The number of nitrogens with two attached hydrogens (primary N) is 1. The average Bonchev–Trinajstić information content (AvgIpc) is 2.27. The summed E-state index contributed by atoms with van der Waals surface area (Å²) in [5.41, 5.74) is 5.50. The van der Waals surface area contributed by atoms with Crippen molar-refractivity contribution < 1.29 is 13.9 Å². The first-order chi connectivity index (χ1) is 8.73. The van der Waals surface area contributed by atoms with Crippen LogP contribution in [-0.4, -0.2) is 29.9 Å². The van der Waals surface area contributed by atoms with Crippen molar-refractivity contribution in [2.45, 2.75) is 76.7 Å². The van der Waals surface area contributed by atoms with Crippen LogP contribution in [0, 0.1) is 5.41 Å². The van der Waals surface area contributed by atoms with Crippen LogP contribution in [0.25, 0.3) is 0 Å². The highest BCUT2D eigenvalue weighted by Crippen LogP contribution is 2.51. The number of nitrogens with one attached hydrogen (secondary N) is 1. The second kappa shape index (κ2) is 4.93. The number of amides is 1. The van der Waals surface area contributed by atoms with Gasteiger partial charge in [-0.25, -0.2) is 9.18 Å². The third-order valence-electron chi connectivity index (χ3n) is 4.46. The van der Waals surface area contributed by atoms with Crippen LogP contribution in [0.15, 0.2) is 0 Å². The van der Waals surface area contributed by atoms with Crippen molar-refractivity contribution in [3.63, 3.8) is 0 Å². The number of alkyl halides is 1. The summed E-state index contributed by atoms with van der Waals surface area (Å²) >= 11 is 0. The first-order valence-electron chi connectivity index (χ1n) is 7.12. The van der Waals surface area contributed by atoms with E-state index < -0.39 is 17.9 Å². The van der Waals surface area contributed by atoms with E-state index in [4.69, 9.17) is 10.5 Å². The molecule has 19 heavy (non-hydrogen) atoms. The molecule has 1 amide bonds. The molecule has 2 aliphatic carbocycles. The van der Waals surface area contributed by atoms with Gasteiger partial charge in [0.05, 0.1) is 0 Å². The molecule has 3 N–H and O–H groups in total. The molecule has 2 rings (SSSR count). The predicted octanol–water partition coefficient (Wildman–Crippen LogP) is 2.51. The predicted molar refractivity (Wildman–Crippen MR) is 71.5 cm³/mol. The molecule has 1 spiro atoms. The van der Waals surface area contributed by atoms with Crippen LogP contribution in [-0.2, 0) is 4.74 Å². The van der Waals surface area contributed by atoms with Gasteiger partial charge in [0.15, 0.2) is 0 Å². The van der Waals surface area contributed by atoms with Gasteiger partial charge in [-0.1, -0.05) is 0 Å². The molecule has 5 heteroatoms. The number of alkyl carbamates (subject to hydrolysis) is 1. The summed E-state index contributed by atoms with van der Waals surface area (Å²) in [6.45, 7) is 5.51. The highest BCUT2D eigenvalue weighted by atomic mass is 19.1. The van der Waals surface area contributed by atoms with Crippen molar-refractivity contribution in [1.82, 2.24) is 5.32 Å². The van der Waals surface area contributed by atoms with Gasteiger partial charge >= 0.3 is 6.09 Å². The third-order valence-corrected chi connectivity index (χ3v) is 4.46. The van der Waals surface area contributed by atoms with E-state index in [0.29, 0.717) is 12.8 Å². The van der Waals surface area contributed by atoms with Crippen molar-refractivity contribution in [3.8, 4) is 0 Å². The lowest BCUT2D eigenvalue weighted by Gasteiger charge is -2.57. The fraction of sp³-hybridized carbons (Fsp3) is 0.929. The van der Waals surface area contributed by atoms with Crippen molar-refractivity contribution in [1.29, 1.82) is 0 Å². The summed E-state index contributed by atoms with van der Waals surface area (Å²) in [6.07, 6.45) is 2.29. The van der Waals surface area contributed by atoms with Crippen molar-refractivity contribution in [3.05, 3.63) is 0 Å². The minimum absolute atomic E-state index is 0.0323. The number of halogens is 1. The zero-order valence-electron chi connectivity index (χ0n) is 12.0. The van der Waals surface area contributed by atoms with Crippen LogP contribution in [0.2, 0.25) is 0 Å². The Morgan fingerprint density at radius 3 is 2.42 bits per heavy atom. The van der Waals surface area contributed by atoms with Crippen LogP contribution in [0.3, 0.4) is 0 Å². The van der Waals surface area contributed by atoms with Gasteiger partial charge in [-0.05, 0) is 52.9 Å². The van der Waals surface area contributed by atoms with E-state index in [0.717, 1.165) is 19.3 Å². The Labute approximate surface area is 114 Å². The van der Waals surface area contributed by atoms with Gasteiger partial charge in [0.1, 0.15) is 11.8 Å². The summed E-state index contributed by atoms with van der Waals surface area (Å²) in [6, 6.07) is 0.102. The molecule has 0 saturated heterocycles. The molecule has 2 atom stereocenters. The normalized spacial score (nSPS) is 38.7. The molecule has 2 fully saturated rings. The van der Waals surface area contributed by atoms with E-state index in [1.165, 1.54) is 0 Å². The Bertz CT molecular complexity index is 346. The molecule has 0 aromatic heterocycles. The summed E-state index contributed by atoms with van der Waals surface area (Å²) in [5, 5.41) is 2.92. The molecule has 0 bridgehead atoms. The molecule has 2 unspecified atom stereocenters. The van der Waals surface area contributed by atoms with E-state index in [1.54, 1.807) is 0 Å². The van der Waals surface area contributed by atoms with Crippen molar-refractivity contribution in [2.24, 2.45) is 11.1 Å². The van der Waals surface area contributed by atoms with Crippen LogP contribution >= 0.6 is 0 Å². The molecule has 2 saturated carbocycles. The van der Waals surface area contributed by atoms with Crippen molar-refractivity contribution in [2.75, 3.05) is 0 Å². The maximum atomic E-state index is 13.3. The lowest BCUT2D eigenvalue weighted by Crippen LogP contribution is -2.68. The van der Waals surface area contributed by atoms with Gasteiger partial charge in [0.25, 0.3) is 0 Å². The molecule has 0 aliphatic heterocycles. The van der Waals surface area contributed by atoms with Gasteiger partial charge in [-0.15, -0.1) is 0 Å². The molecule has 0 heterocycles. The molecular weight excluding hydrogens is 247 g/mol. The summed E-state index contributed by atoms with van der Waals surface area (Å²) in [4.78, 5) is 11.8. The van der Waals surface area contributed by atoms with Gasteiger partial charge in [-0.3, -0.25) is 0 Å². The zero-order valence-corrected chi connectivity index (χ0v) is 12.0. The van der Waals surface area contributed by atoms with Gasteiger partial charge in [0, 0.05) is 17.5 Å². The monoisotopic (exact) mass is 272 g/mol. The van der Waals surface area contributed by atoms with E-state index in [1.807, 2.05) is 20.8 Å². The number of carbonyl (C=O) groups is 1. The minimum Gasteiger partial charge on any atom is -0.444 e. The summed E-state index contributed by atoms with van der Waals surface area (Å²) in [5.74, 6) is 0. The van der Waals surface area contributed by atoms with Crippen molar-refractivity contribution >= 4 is 6.09 Å². The van der Waals surface area contributed by atoms with Gasteiger partial charge in [-0.2, -0.15) is 0 Å². The molecule has 4 nitrogen and oxygen atoms in total. The highest BCUT2D eigenvalue weighted by molar-refractivity contribution is 5.68. The Hall–Kier alpha value is -0.840. The number of hydrogen-bond donors (Lipinski definition) is 2. The van der Waals surface area contributed by atoms with Crippen LogP contribution in [0.4, 0.5) is 9.18 Å². The summed E-state index contributed by atoms with van der Waals surface area (Å²) < 4.78 is 18.5. The SMILES string of the molecule is CC(C)(C)OC(=O)NC1CC(N)C12CCC(F)CC2. The number of ether oxygens (including phenoxy) is 1. The fourth-order valence-electron chi connectivity index (χ4n) is 3.31. The molecule has 2 aliphatic rings. The van der Waals surface area contributed by atoms with E-state index in [9.17, 15) is 9.18 Å². The van der Waals surface area contributed by atoms with Crippen LogP contribution in [0.1, 0.15) is 52.9 Å². The second-order valence-corrected chi connectivity index (χ2v) is 6.95. The number of carbonyl (C=O) groups excluding carboxylic acids is 1. The number of hydrogen-bond acceptors (Lipinski definition) is 3. The maximum absolute atomic E-state index is 13.3. The molecule has 0 aromatic carbocycles. The zero-order chi connectivity index (χ0) is 14.3. The number of rotatable bonds is 1. The smallest absolute Gasteiger partial charge is 0.407 e. The second-order valence-electron chi connectivity index (χ2n) is 6.95. The molecule has 110 valence electrons. The van der Waals surface area contributed by atoms with Crippen LogP contribution < -0.4 is 11.1 Å². The first-order valence-corrected chi connectivity index (χ1v) is 7.12.